The van der Waals surface area contributed by atoms with E-state index >= 15 is 0 Å². The van der Waals surface area contributed by atoms with Crippen molar-refractivity contribution in [3.05, 3.63) is 119 Å². The van der Waals surface area contributed by atoms with Gasteiger partial charge in [-0.05, 0) is 109 Å². The van der Waals surface area contributed by atoms with Crippen LogP contribution in [0.1, 0.15) is 55.5 Å². The van der Waals surface area contributed by atoms with Crippen molar-refractivity contribution in [3.8, 4) is 0 Å². The summed E-state index contributed by atoms with van der Waals surface area (Å²) in [5.74, 6) is -0.633. The number of hydrogen-bond donors (Lipinski definition) is 3. The van der Waals surface area contributed by atoms with Gasteiger partial charge < -0.3 is 20.4 Å². The van der Waals surface area contributed by atoms with Gasteiger partial charge in [0.25, 0.3) is 25.8 Å². The van der Waals surface area contributed by atoms with Gasteiger partial charge in [-0.15, -0.1) is 11.8 Å². The lowest BCUT2D eigenvalue weighted by Crippen LogP contribution is -2.47. The fourth-order valence-electron chi connectivity index (χ4n) is 8.50. The van der Waals surface area contributed by atoms with E-state index in [-0.39, 0.29) is 16.7 Å². The van der Waals surface area contributed by atoms with Crippen LogP contribution < -0.4 is 20.3 Å². The SMILES string of the molecule is CC1(C)CCC(CN2CCN(c3ccc(C(=O)NS(=O)(=O)c4ccc(N[C@H](CCN5CCNCC5)CSc5ccccc5)c(S(=O)(=O)C(F)(F)F)c4)cc3)CC2)=C(c2ccc(Cl)cc2)C1. The predicted octanol–water partition coefficient (Wildman–Crippen LogP) is 8.41. The van der Waals surface area contributed by atoms with Crippen LogP contribution in [0.15, 0.2) is 117 Å². The maximum Gasteiger partial charge on any atom is 0.501 e. The van der Waals surface area contributed by atoms with Crippen molar-refractivity contribution in [2.75, 3.05) is 81.4 Å². The average Bonchev–Trinajstić information content (AvgIpc) is 3.28. The van der Waals surface area contributed by atoms with Crippen LogP contribution in [0, 0.1) is 5.41 Å². The summed E-state index contributed by atoms with van der Waals surface area (Å²) < 4.78 is 97.7. The third-order valence-corrected chi connectivity index (χ3v) is 16.6. The fourth-order valence-corrected chi connectivity index (χ4v) is 11.6. The zero-order chi connectivity index (χ0) is 46.4. The van der Waals surface area contributed by atoms with Crippen molar-refractivity contribution >= 4 is 66.1 Å². The molecule has 1 aliphatic carbocycles. The number of benzene rings is 4. The summed E-state index contributed by atoms with van der Waals surface area (Å²) in [5, 5.41) is 7.00. The van der Waals surface area contributed by atoms with Gasteiger partial charge in [-0.25, -0.2) is 21.6 Å². The Bertz CT molecular complexity index is 2530. The highest BCUT2D eigenvalue weighted by Crippen LogP contribution is 2.43. The third kappa shape index (κ3) is 12.7. The van der Waals surface area contributed by atoms with Gasteiger partial charge in [0, 0.05) is 98.4 Å². The van der Waals surface area contributed by atoms with E-state index in [1.54, 1.807) is 12.1 Å². The van der Waals surface area contributed by atoms with Crippen molar-refractivity contribution in [1.82, 2.24) is 19.8 Å². The van der Waals surface area contributed by atoms with Crippen LogP contribution in [0.4, 0.5) is 24.5 Å². The maximum absolute atomic E-state index is 14.2. The number of nitrogens with zero attached hydrogens (tertiary/aromatic N) is 3. The molecule has 0 radical (unpaired) electrons. The number of carbonyl (C=O) groups excluding carboxylic acids is 1. The van der Waals surface area contributed by atoms with E-state index in [2.05, 4.69) is 51.3 Å². The van der Waals surface area contributed by atoms with E-state index in [1.807, 2.05) is 47.2 Å². The monoisotopic (exact) mass is 972 g/mol. The van der Waals surface area contributed by atoms with Gasteiger partial charge >= 0.3 is 5.51 Å². The second-order valence-electron chi connectivity index (χ2n) is 17.6. The van der Waals surface area contributed by atoms with Gasteiger partial charge in [-0.2, -0.15) is 13.2 Å². The van der Waals surface area contributed by atoms with Gasteiger partial charge in [-0.1, -0.05) is 61.4 Å². The lowest BCUT2D eigenvalue weighted by atomic mass is 9.72. The quantitative estimate of drug-likeness (QED) is 0.0937. The number of thioether (sulfide) groups is 1. The highest BCUT2D eigenvalue weighted by molar-refractivity contribution is 7.99. The first-order chi connectivity index (χ1) is 30.9. The van der Waals surface area contributed by atoms with Crippen LogP contribution in [0.25, 0.3) is 5.57 Å². The van der Waals surface area contributed by atoms with Crippen LogP contribution in [-0.4, -0.2) is 115 Å². The highest BCUT2D eigenvalue weighted by Gasteiger charge is 2.48. The first-order valence-corrected chi connectivity index (χ1v) is 26.1. The van der Waals surface area contributed by atoms with Crippen LogP contribution >= 0.6 is 23.4 Å². The maximum atomic E-state index is 14.2. The minimum absolute atomic E-state index is 0.00233. The second-order valence-corrected chi connectivity index (χ2v) is 22.7. The number of halogens is 4. The Kier molecular flexibility index (Phi) is 15.6. The molecule has 0 bridgehead atoms. The molecule has 2 fully saturated rings. The zero-order valence-corrected chi connectivity index (χ0v) is 39.7. The molecule has 0 saturated carbocycles. The Labute approximate surface area is 390 Å². The van der Waals surface area contributed by atoms with Crippen LogP contribution in [-0.2, 0) is 19.9 Å². The van der Waals surface area contributed by atoms with Crippen molar-refractivity contribution in [1.29, 1.82) is 0 Å². The molecule has 0 spiro atoms. The number of piperazine rings is 2. The Morgan fingerprint density at radius 2 is 1.54 bits per heavy atom. The third-order valence-electron chi connectivity index (χ3n) is 12.3. The average molecular weight is 974 g/mol. The number of amides is 1. The Balaban J connectivity index is 1.02. The number of sulfone groups is 1. The molecule has 1 amide bonds. The summed E-state index contributed by atoms with van der Waals surface area (Å²) in [5.41, 5.74) is -0.986. The smallest absolute Gasteiger partial charge is 0.380 e. The molecule has 18 heteroatoms. The summed E-state index contributed by atoms with van der Waals surface area (Å²) in [7, 11) is -10.9. The minimum Gasteiger partial charge on any atom is -0.380 e. The number of sulfonamides is 1. The second kappa shape index (κ2) is 20.8. The van der Waals surface area contributed by atoms with Gasteiger partial charge in [-0.3, -0.25) is 9.69 Å². The first-order valence-electron chi connectivity index (χ1n) is 21.8. The number of rotatable bonds is 16. The summed E-state index contributed by atoms with van der Waals surface area (Å²) in [4.78, 5) is 19.1. The van der Waals surface area contributed by atoms with E-state index in [4.69, 9.17) is 11.6 Å². The van der Waals surface area contributed by atoms with Crippen LogP contribution in [0.3, 0.4) is 0 Å². The number of hydrogen-bond acceptors (Lipinski definition) is 11. The van der Waals surface area contributed by atoms with Crippen molar-refractivity contribution in [2.24, 2.45) is 5.41 Å². The molecular formula is C47H56ClF3N6O5S3. The summed E-state index contributed by atoms with van der Waals surface area (Å²) in [6.07, 6.45) is 3.63. The number of carbonyl (C=O) groups is 1. The van der Waals surface area contributed by atoms with E-state index in [9.17, 15) is 34.8 Å². The van der Waals surface area contributed by atoms with Crippen LogP contribution in [0.2, 0.25) is 5.02 Å². The molecule has 11 nitrogen and oxygen atoms in total. The topological polar surface area (TPSA) is 131 Å². The largest absolute Gasteiger partial charge is 0.501 e. The summed E-state index contributed by atoms with van der Waals surface area (Å²) in [6.45, 7) is 12.4. The Morgan fingerprint density at radius 3 is 2.20 bits per heavy atom. The zero-order valence-electron chi connectivity index (χ0n) is 36.5. The molecule has 3 aliphatic rings. The van der Waals surface area contributed by atoms with E-state index in [0.717, 1.165) is 101 Å². The van der Waals surface area contributed by atoms with Gasteiger partial charge in [0.15, 0.2) is 0 Å². The van der Waals surface area contributed by atoms with Crippen molar-refractivity contribution < 1.29 is 34.8 Å². The van der Waals surface area contributed by atoms with Crippen molar-refractivity contribution in [3.63, 3.8) is 0 Å². The van der Waals surface area contributed by atoms with E-state index in [1.165, 1.54) is 40.6 Å². The molecule has 2 saturated heterocycles. The lowest BCUT2D eigenvalue weighted by Gasteiger charge is -2.39. The van der Waals surface area contributed by atoms with E-state index < -0.39 is 47.1 Å². The Hall–Kier alpha value is -4.10. The molecule has 65 heavy (non-hydrogen) atoms. The molecule has 2 heterocycles. The fraction of sp³-hybridized carbons (Fsp3) is 0.426. The molecule has 0 unspecified atom stereocenters. The van der Waals surface area contributed by atoms with E-state index in [0.29, 0.717) is 29.8 Å². The molecule has 1 atom stereocenters. The molecular weight excluding hydrogens is 917 g/mol. The molecule has 3 N–H and O–H groups in total. The number of anilines is 2. The standard InChI is InChI=1S/C47H56ClF3N6O5S3/c1-46(2)20-18-36(42(31-46)34-8-12-37(48)13-9-34)32-56-26-28-57(29-27-56)39-14-10-35(11-15-39)45(58)54-65(61,62)41-16-17-43(44(30-41)64(59,60)47(49,50)51)53-38(19-23-55-24-21-52-22-25-55)33-63-40-6-4-3-5-7-40/h3-17,30,38,52-53H,18-29,31-33H2,1-2H3,(H,54,58)/t38-/m1/s1. The Morgan fingerprint density at radius 1 is 0.862 bits per heavy atom. The summed E-state index contributed by atoms with van der Waals surface area (Å²) >= 11 is 7.66. The number of allylic oxidation sites excluding steroid dienone is 1. The number of nitrogens with one attached hydrogen (secondary N) is 3. The molecule has 350 valence electrons. The molecule has 4 aromatic rings. The summed E-state index contributed by atoms with van der Waals surface area (Å²) in [6, 6.07) is 25.9. The molecule has 7 rings (SSSR count). The number of alkyl halides is 3. The highest BCUT2D eigenvalue weighted by atomic mass is 35.5. The normalized spacial score (nSPS) is 18.3. The van der Waals surface area contributed by atoms with Gasteiger partial charge in [0.2, 0.25) is 0 Å². The molecule has 0 aromatic heterocycles. The van der Waals surface area contributed by atoms with Gasteiger partial charge in [0.1, 0.15) is 4.90 Å². The molecule has 2 aliphatic heterocycles. The van der Waals surface area contributed by atoms with Crippen LogP contribution in [0.5, 0.6) is 0 Å². The van der Waals surface area contributed by atoms with Gasteiger partial charge in [0.05, 0.1) is 10.6 Å². The lowest BCUT2D eigenvalue weighted by molar-refractivity contribution is -0.0435. The predicted molar refractivity (Wildman–Crippen MR) is 254 cm³/mol. The first kappa shape index (κ1) is 48.8. The minimum atomic E-state index is -6.04. The van der Waals surface area contributed by atoms with Crippen molar-refractivity contribution in [2.45, 2.75) is 65.8 Å². The molecule has 4 aromatic carbocycles.